The van der Waals surface area contributed by atoms with E-state index in [4.69, 9.17) is 5.73 Å². The van der Waals surface area contributed by atoms with Crippen LogP contribution in [0.1, 0.15) is 47.8 Å². The molecule has 0 bridgehead atoms. The molecule has 0 saturated carbocycles. The SMILES string of the molecule is CCCCCCNC(=O)c1sc2ccc(C)cc2c1N. The molecule has 1 aromatic carbocycles. The largest absolute Gasteiger partial charge is 0.397 e. The van der Waals surface area contributed by atoms with Crippen molar-refractivity contribution in [2.75, 3.05) is 12.3 Å². The topological polar surface area (TPSA) is 55.1 Å². The molecule has 0 atom stereocenters. The molecular weight excluding hydrogens is 268 g/mol. The molecular formula is C16H22N2OS. The second-order valence-electron chi connectivity index (χ2n) is 5.16. The van der Waals surface area contributed by atoms with Gasteiger partial charge in [-0.25, -0.2) is 0 Å². The molecule has 108 valence electrons. The molecule has 3 N–H and O–H groups in total. The fourth-order valence-corrected chi connectivity index (χ4v) is 3.25. The van der Waals surface area contributed by atoms with Gasteiger partial charge >= 0.3 is 0 Å². The quantitative estimate of drug-likeness (QED) is 0.787. The van der Waals surface area contributed by atoms with Gasteiger partial charge in [-0.2, -0.15) is 0 Å². The molecule has 0 spiro atoms. The number of carbonyl (C=O) groups is 1. The summed E-state index contributed by atoms with van der Waals surface area (Å²) in [6, 6.07) is 6.12. The van der Waals surface area contributed by atoms with Crippen molar-refractivity contribution in [3.05, 3.63) is 28.6 Å². The summed E-state index contributed by atoms with van der Waals surface area (Å²) in [6.07, 6.45) is 4.62. The molecule has 2 aromatic rings. The number of thiophene rings is 1. The van der Waals surface area contributed by atoms with Gasteiger partial charge in [0.15, 0.2) is 0 Å². The van der Waals surface area contributed by atoms with E-state index in [-0.39, 0.29) is 5.91 Å². The molecule has 1 aromatic heterocycles. The van der Waals surface area contributed by atoms with Gasteiger partial charge in [-0.1, -0.05) is 37.8 Å². The van der Waals surface area contributed by atoms with E-state index in [9.17, 15) is 4.79 Å². The number of nitrogen functional groups attached to an aromatic ring is 1. The first-order valence-corrected chi connectivity index (χ1v) is 8.02. The predicted molar refractivity (Wildman–Crippen MR) is 87.4 cm³/mol. The van der Waals surface area contributed by atoms with Crippen molar-refractivity contribution in [2.24, 2.45) is 0 Å². The third kappa shape index (κ3) is 3.31. The summed E-state index contributed by atoms with van der Waals surface area (Å²) in [5, 5.41) is 3.96. The number of amides is 1. The molecule has 1 amide bonds. The second-order valence-corrected chi connectivity index (χ2v) is 6.21. The maximum absolute atomic E-state index is 12.2. The number of fused-ring (bicyclic) bond motifs is 1. The zero-order chi connectivity index (χ0) is 14.5. The Bertz CT molecular complexity index is 604. The van der Waals surface area contributed by atoms with Crippen LogP contribution in [0.25, 0.3) is 10.1 Å². The number of hydrogen-bond donors (Lipinski definition) is 2. The highest BCUT2D eigenvalue weighted by Crippen LogP contribution is 2.34. The van der Waals surface area contributed by atoms with Crippen LogP contribution in [-0.2, 0) is 0 Å². The highest BCUT2D eigenvalue weighted by atomic mass is 32.1. The Hall–Kier alpha value is -1.55. The Morgan fingerprint density at radius 3 is 2.85 bits per heavy atom. The highest BCUT2D eigenvalue weighted by Gasteiger charge is 2.15. The van der Waals surface area contributed by atoms with Crippen molar-refractivity contribution in [3.8, 4) is 0 Å². The number of nitrogens with one attached hydrogen (secondary N) is 1. The summed E-state index contributed by atoms with van der Waals surface area (Å²) < 4.78 is 1.07. The van der Waals surface area contributed by atoms with Crippen molar-refractivity contribution < 1.29 is 4.79 Å². The first-order chi connectivity index (χ1) is 9.63. The minimum Gasteiger partial charge on any atom is -0.397 e. The van der Waals surface area contributed by atoms with Gasteiger partial charge in [-0.15, -0.1) is 11.3 Å². The fourth-order valence-electron chi connectivity index (χ4n) is 2.23. The van der Waals surface area contributed by atoms with Crippen LogP contribution in [0.5, 0.6) is 0 Å². The van der Waals surface area contributed by atoms with Gasteiger partial charge < -0.3 is 11.1 Å². The zero-order valence-corrected chi connectivity index (χ0v) is 13.0. The predicted octanol–water partition coefficient (Wildman–Crippen LogP) is 4.10. The molecule has 0 aliphatic heterocycles. The summed E-state index contributed by atoms with van der Waals surface area (Å²) in [5.74, 6) is -0.0437. The summed E-state index contributed by atoms with van der Waals surface area (Å²) in [5.41, 5.74) is 7.88. The molecule has 3 nitrogen and oxygen atoms in total. The maximum Gasteiger partial charge on any atom is 0.263 e. The third-order valence-electron chi connectivity index (χ3n) is 3.40. The molecule has 0 unspecified atom stereocenters. The Kier molecular flexibility index (Phi) is 5.01. The van der Waals surface area contributed by atoms with E-state index in [1.165, 1.54) is 24.2 Å². The van der Waals surface area contributed by atoms with Gasteiger partial charge in [0, 0.05) is 16.6 Å². The number of aryl methyl sites for hydroxylation is 1. The van der Waals surface area contributed by atoms with E-state index in [2.05, 4.69) is 12.2 Å². The van der Waals surface area contributed by atoms with Crippen LogP contribution in [-0.4, -0.2) is 12.5 Å². The van der Waals surface area contributed by atoms with Gasteiger partial charge in [-0.05, 0) is 25.5 Å². The van der Waals surface area contributed by atoms with E-state index in [1.807, 2.05) is 25.1 Å². The van der Waals surface area contributed by atoms with Crippen molar-refractivity contribution in [1.82, 2.24) is 5.32 Å². The van der Waals surface area contributed by atoms with Crippen LogP contribution in [0, 0.1) is 6.92 Å². The number of unbranched alkanes of at least 4 members (excludes halogenated alkanes) is 3. The summed E-state index contributed by atoms with van der Waals surface area (Å²) in [6.45, 7) is 4.94. The molecule has 0 fully saturated rings. The van der Waals surface area contributed by atoms with Crippen LogP contribution in [0.2, 0.25) is 0 Å². The lowest BCUT2D eigenvalue weighted by Gasteiger charge is -2.04. The van der Waals surface area contributed by atoms with Gasteiger partial charge in [0.05, 0.1) is 5.69 Å². The summed E-state index contributed by atoms with van der Waals surface area (Å²) in [7, 11) is 0. The van der Waals surface area contributed by atoms with Crippen LogP contribution in [0.3, 0.4) is 0 Å². The lowest BCUT2D eigenvalue weighted by atomic mass is 10.1. The van der Waals surface area contributed by atoms with E-state index in [0.29, 0.717) is 10.6 Å². The van der Waals surface area contributed by atoms with Crippen molar-refractivity contribution >= 4 is 33.0 Å². The van der Waals surface area contributed by atoms with Crippen molar-refractivity contribution in [2.45, 2.75) is 39.5 Å². The van der Waals surface area contributed by atoms with Gasteiger partial charge in [0.2, 0.25) is 0 Å². The Morgan fingerprint density at radius 1 is 1.30 bits per heavy atom. The molecule has 0 aliphatic carbocycles. The molecule has 0 aliphatic rings. The average Bonchev–Trinajstić information content (AvgIpc) is 2.76. The standard InChI is InChI=1S/C16H22N2OS/c1-3-4-5-6-9-18-16(19)15-14(17)12-10-11(2)7-8-13(12)20-15/h7-8,10H,3-6,9,17H2,1-2H3,(H,18,19). The van der Waals surface area contributed by atoms with Crippen LogP contribution in [0.4, 0.5) is 5.69 Å². The Balaban J connectivity index is 2.05. The number of nitrogens with two attached hydrogens (primary N) is 1. The van der Waals surface area contributed by atoms with Crippen molar-refractivity contribution in [3.63, 3.8) is 0 Å². The molecule has 0 saturated heterocycles. The smallest absolute Gasteiger partial charge is 0.263 e. The Labute approximate surface area is 124 Å². The zero-order valence-electron chi connectivity index (χ0n) is 12.2. The van der Waals surface area contributed by atoms with Gasteiger partial charge in [-0.3, -0.25) is 4.79 Å². The molecule has 20 heavy (non-hydrogen) atoms. The summed E-state index contributed by atoms with van der Waals surface area (Å²) >= 11 is 1.47. The fraction of sp³-hybridized carbons (Fsp3) is 0.438. The minimum atomic E-state index is -0.0437. The minimum absolute atomic E-state index is 0.0437. The first kappa shape index (κ1) is 14.9. The molecule has 4 heteroatoms. The normalized spacial score (nSPS) is 10.9. The lowest BCUT2D eigenvalue weighted by molar-refractivity contribution is 0.0958. The number of rotatable bonds is 6. The molecule has 1 heterocycles. The number of benzene rings is 1. The molecule has 2 rings (SSSR count). The third-order valence-corrected chi connectivity index (χ3v) is 4.59. The van der Waals surface area contributed by atoms with Gasteiger partial charge in [0.1, 0.15) is 4.88 Å². The molecule has 0 radical (unpaired) electrons. The van der Waals surface area contributed by atoms with Crippen LogP contribution in [0.15, 0.2) is 18.2 Å². The van der Waals surface area contributed by atoms with E-state index in [0.717, 1.165) is 35.0 Å². The van der Waals surface area contributed by atoms with Crippen LogP contribution >= 0.6 is 11.3 Å². The number of hydrogen-bond acceptors (Lipinski definition) is 3. The highest BCUT2D eigenvalue weighted by molar-refractivity contribution is 7.21. The van der Waals surface area contributed by atoms with E-state index >= 15 is 0 Å². The van der Waals surface area contributed by atoms with E-state index in [1.54, 1.807) is 0 Å². The maximum atomic E-state index is 12.2. The first-order valence-electron chi connectivity index (χ1n) is 7.20. The number of anilines is 1. The second kappa shape index (κ2) is 6.75. The van der Waals surface area contributed by atoms with Crippen molar-refractivity contribution in [1.29, 1.82) is 0 Å². The average molecular weight is 290 g/mol. The van der Waals surface area contributed by atoms with Crippen LogP contribution < -0.4 is 11.1 Å². The number of carbonyl (C=O) groups excluding carboxylic acids is 1. The summed E-state index contributed by atoms with van der Waals surface area (Å²) in [4.78, 5) is 12.8. The van der Waals surface area contributed by atoms with Gasteiger partial charge in [0.25, 0.3) is 5.91 Å². The lowest BCUT2D eigenvalue weighted by Crippen LogP contribution is -2.24. The Morgan fingerprint density at radius 2 is 2.10 bits per heavy atom. The monoisotopic (exact) mass is 290 g/mol. The van der Waals surface area contributed by atoms with E-state index < -0.39 is 0 Å².